The van der Waals surface area contributed by atoms with E-state index in [4.69, 9.17) is 19.4 Å². The largest absolute Gasteiger partial charge is 0.450 e. The first-order valence-electron chi connectivity index (χ1n) is 11.6. The molecule has 0 spiro atoms. The summed E-state index contributed by atoms with van der Waals surface area (Å²) in [4.78, 5) is 29.9. The number of rotatable bonds is 6. The van der Waals surface area contributed by atoms with Crippen LogP contribution < -0.4 is 4.90 Å². The first-order valence-corrected chi connectivity index (χ1v) is 11.6. The van der Waals surface area contributed by atoms with Crippen LogP contribution in [0.1, 0.15) is 30.3 Å². The van der Waals surface area contributed by atoms with Crippen LogP contribution in [-0.4, -0.2) is 83.7 Å². The number of likely N-dealkylation sites (tertiary alicyclic amines) is 1. The van der Waals surface area contributed by atoms with E-state index < -0.39 is 5.41 Å². The minimum atomic E-state index is -0.510. The van der Waals surface area contributed by atoms with E-state index in [0.29, 0.717) is 81.7 Å². The summed E-state index contributed by atoms with van der Waals surface area (Å²) in [6.07, 6.45) is 2.49. The minimum absolute atomic E-state index is 0.0696. The number of hydrogen-bond acceptors (Lipinski definition) is 9. The zero-order valence-electron chi connectivity index (χ0n) is 19.7. The third-order valence-corrected chi connectivity index (χ3v) is 6.42. The molecule has 0 aromatic carbocycles. The molecule has 34 heavy (non-hydrogen) atoms. The van der Waals surface area contributed by atoms with Gasteiger partial charge in [-0.15, -0.1) is 0 Å². The predicted octanol–water partition coefficient (Wildman–Crippen LogP) is 1.94. The van der Waals surface area contributed by atoms with E-state index in [1.807, 2.05) is 6.07 Å². The first kappa shape index (κ1) is 23.9. The van der Waals surface area contributed by atoms with Crippen LogP contribution in [0.5, 0.6) is 0 Å². The number of aromatic nitrogens is 3. The third-order valence-electron chi connectivity index (χ3n) is 6.42. The first-order chi connectivity index (χ1) is 16.5. The number of carbonyl (C=O) groups is 1. The quantitative estimate of drug-likeness (QED) is 0.680. The van der Waals surface area contributed by atoms with Gasteiger partial charge in [0.25, 0.3) is 0 Å². The fourth-order valence-electron chi connectivity index (χ4n) is 4.43. The van der Waals surface area contributed by atoms with Crippen molar-refractivity contribution in [1.29, 1.82) is 5.26 Å². The standard InChI is InChI=1S/C24H30N6O4/c1-3-34-23(32)30-5-4-24(15-30,16-31)12-20-11-21(19-10-18(13-25)17(2)26-14-19)28-22(27-20)29-6-8-33-9-7-29/h10-11,14,31H,3-9,12,15-16H2,1-2H3/t24-/m0/s1. The van der Waals surface area contributed by atoms with Crippen LogP contribution in [-0.2, 0) is 15.9 Å². The maximum atomic E-state index is 12.2. The number of morpholine rings is 1. The molecule has 4 heterocycles. The Morgan fingerprint density at radius 2 is 2.09 bits per heavy atom. The second kappa shape index (κ2) is 10.3. The molecule has 0 aliphatic carbocycles. The zero-order valence-corrected chi connectivity index (χ0v) is 19.7. The zero-order chi connectivity index (χ0) is 24.1. The summed E-state index contributed by atoms with van der Waals surface area (Å²) in [5, 5.41) is 19.8. The lowest BCUT2D eigenvalue weighted by atomic mass is 9.83. The van der Waals surface area contributed by atoms with Crippen molar-refractivity contribution in [3.8, 4) is 17.3 Å². The number of hydrogen-bond donors (Lipinski definition) is 1. The van der Waals surface area contributed by atoms with E-state index >= 15 is 0 Å². The summed E-state index contributed by atoms with van der Waals surface area (Å²) in [6.45, 7) is 7.31. The number of ether oxygens (including phenoxy) is 2. The van der Waals surface area contributed by atoms with Crippen LogP contribution in [0.25, 0.3) is 11.3 Å². The fraction of sp³-hybridized carbons (Fsp3) is 0.542. The Balaban J connectivity index is 1.68. The van der Waals surface area contributed by atoms with E-state index in [-0.39, 0.29) is 12.7 Å². The van der Waals surface area contributed by atoms with Gasteiger partial charge in [0.1, 0.15) is 6.07 Å². The fourth-order valence-corrected chi connectivity index (χ4v) is 4.43. The molecule has 1 amide bonds. The molecule has 0 unspecified atom stereocenters. The molecule has 10 heteroatoms. The monoisotopic (exact) mass is 466 g/mol. The molecule has 2 fully saturated rings. The average Bonchev–Trinajstić information content (AvgIpc) is 3.29. The van der Waals surface area contributed by atoms with Crippen molar-refractivity contribution in [2.24, 2.45) is 5.41 Å². The molecule has 2 aromatic rings. The molecule has 0 radical (unpaired) electrons. The topological polar surface area (TPSA) is 125 Å². The van der Waals surface area contributed by atoms with Gasteiger partial charge in [0, 0.05) is 49.0 Å². The van der Waals surface area contributed by atoms with Crippen molar-refractivity contribution in [2.45, 2.75) is 26.7 Å². The highest BCUT2D eigenvalue weighted by atomic mass is 16.6. The van der Waals surface area contributed by atoms with Crippen LogP contribution in [0, 0.1) is 23.7 Å². The minimum Gasteiger partial charge on any atom is -0.450 e. The molecular weight excluding hydrogens is 436 g/mol. The molecular formula is C24H30N6O4. The second-order valence-electron chi connectivity index (χ2n) is 8.82. The molecule has 10 nitrogen and oxygen atoms in total. The molecule has 2 aliphatic rings. The van der Waals surface area contributed by atoms with Gasteiger partial charge in [-0.25, -0.2) is 14.8 Å². The molecule has 2 aromatic heterocycles. The van der Waals surface area contributed by atoms with Gasteiger partial charge < -0.3 is 24.4 Å². The average molecular weight is 467 g/mol. The lowest BCUT2D eigenvalue weighted by Crippen LogP contribution is -2.38. The number of nitrogens with zero attached hydrogens (tertiary/aromatic N) is 6. The second-order valence-corrected chi connectivity index (χ2v) is 8.82. The SMILES string of the molecule is CCOC(=O)N1CC[C@](CO)(Cc2cc(-c3cnc(C)c(C#N)c3)nc(N3CCOCC3)n2)C1. The number of nitriles is 1. The summed E-state index contributed by atoms with van der Waals surface area (Å²) < 4.78 is 10.6. The summed E-state index contributed by atoms with van der Waals surface area (Å²) in [6, 6.07) is 5.86. The maximum absolute atomic E-state index is 12.2. The Bertz CT molecular complexity index is 1080. The number of anilines is 1. The van der Waals surface area contributed by atoms with Gasteiger partial charge in [-0.2, -0.15) is 5.26 Å². The van der Waals surface area contributed by atoms with Crippen molar-refractivity contribution in [2.75, 3.05) is 57.5 Å². The van der Waals surface area contributed by atoms with E-state index in [1.165, 1.54) is 0 Å². The van der Waals surface area contributed by atoms with Crippen LogP contribution >= 0.6 is 0 Å². The van der Waals surface area contributed by atoms with Crippen molar-refractivity contribution in [3.05, 3.63) is 35.3 Å². The van der Waals surface area contributed by atoms with Gasteiger partial charge in [0.15, 0.2) is 0 Å². The van der Waals surface area contributed by atoms with E-state index in [9.17, 15) is 15.2 Å². The number of aliphatic hydroxyl groups is 1. The number of pyridine rings is 1. The van der Waals surface area contributed by atoms with Crippen LogP contribution in [0.4, 0.5) is 10.7 Å². The molecule has 1 N–H and O–H groups in total. The molecule has 0 saturated carbocycles. The Morgan fingerprint density at radius 1 is 1.29 bits per heavy atom. The molecule has 0 bridgehead atoms. The van der Waals surface area contributed by atoms with E-state index in [0.717, 1.165) is 11.3 Å². The smallest absolute Gasteiger partial charge is 0.409 e. The number of amides is 1. The van der Waals surface area contributed by atoms with Gasteiger partial charge in [-0.05, 0) is 38.8 Å². The highest BCUT2D eigenvalue weighted by Crippen LogP contribution is 2.35. The van der Waals surface area contributed by atoms with Crippen molar-refractivity contribution < 1.29 is 19.4 Å². The van der Waals surface area contributed by atoms with Gasteiger partial charge in [0.05, 0.1) is 43.4 Å². The van der Waals surface area contributed by atoms with Gasteiger partial charge >= 0.3 is 6.09 Å². The lowest BCUT2D eigenvalue weighted by Gasteiger charge is -2.29. The van der Waals surface area contributed by atoms with E-state index in [1.54, 1.807) is 31.0 Å². The van der Waals surface area contributed by atoms with Gasteiger partial charge in [-0.1, -0.05) is 0 Å². The van der Waals surface area contributed by atoms with E-state index in [2.05, 4.69) is 16.0 Å². The number of carbonyl (C=O) groups excluding carboxylic acids is 1. The Hall–Kier alpha value is -3.29. The van der Waals surface area contributed by atoms with Gasteiger partial charge in [-0.3, -0.25) is 4.98 Å². The summed E-state index contributed by atoms with van der Waals surface area (Å²) in [5.41, 5.74) is 2.83. The van der Waals surface area contributed by atoms with Gasteiger partial charge in [0.2, 0.25) is 5.95 Å². The van der Waals surface area contributed by atoms with Crippen molar-refractivity contribution in [1.82, 2.24) is 19.9 Å². The Kier molecular flexibility index (Phi) is 7.24. The molecule has 2 aliphatic heterocycles. The van der Waals surface area contributed by atoms with Crippen LogP contribution in [0.15, 0.2) is 18.3 Å². The highest BCUT2D eigenvalue weighted by Gasteiger charge is 2.41. The number of aryl methyl sites for hydroxylation is 1. The Labute approximate surface area is 199 Å². The van der Waals surface area contributed by atoms with Crippen LogP contribution in [0.2, 0.25) is 0 Å². The molecule has 4 rings (SSSR count). The van der Waals surface area contributed by atoms with Crippen LogP contribution in [0.3, 0.4) is 0 Å². The Morgan fingerprint density at radius 3 is 2.79 bits per heavy atom. The summed E-state index contributed by atoms with van der Waals surface area (Å²) in [5.74, 6) is 0.586. The number of aliphatic hydroxyl groups excluding tert-OH is 1. The molecule has 180 valence electrons. The normalized spacial score (nSPS) is 20.3. The lowest BCUT2D eigenvalue weighted by molar-refractivity contribution is 0.0974. The van der Waals surface area contributed by atoms with Crippen molar-refractivity contribution in [3.63, 3.8) is 0 Å². The van der Waals surface area contributed by atoms with Crippen molar-refractivity contribution >= 4 is 12.0 Å². The molecule has 1 atom stereocenters. The summed E-state index contributed by atoms with van der Waals surface area (Å²) in [7, 11) is 0. The molecule has 2 saturated heterocycles. The third kappa shape index (κ3) is 5.11. The predicted molar refractivity (Wildman–Crippen MR) is 124 cm³/mol. The highest BCUT2D eigenvalue weighted by molar-refractivity contribution is 5.68. The maximum Gasteiger partial charge on any atom is 0.409 e. The summed E-state index contributed by atoms with van der Waals surface area (Å²) >= 11 is 0.